The fraction of sp³-hybridized carbons (Fsp3) is 0.158. The summed E-state index contributed by atoms with van der Waals surface area (Å²) in [4.78, 5) is 26.9. The Balaban J connectivity index is 1.60. The SMILES string of the molecule is Cc1cc(OC(=O)Cc2csc(Cc3ccccc3)n2)ccc1[N+](=O)[O-]. The molecule has 3 rings (SSSR count). The Morgan fingerprint density at radius 3 is 2.69 bits per heavy atom. The van der Waals surface area contributed by atoms with Crippen molar-refractivity contribution in [1.29, 1.82) is 0 Å². The second kappa shape index (κ2) is 7.88. The molecule has 0 saturated carbocycles. The van der Waals surface area contributed by atoms with Crippen LogP contribution in [0.5, 0.6) is 5.75 Å². The first-order valence-electron chi connectivity index (χ1n) is 7.94. The first-order valence-corrected chi connectivity index (χ1v) is 8.82. The highest BCUT2D eigenvalue weighted by Gasteiger charge is 2.14. The molecule has 26 heavy (non-hydrogen) atoms. The first kappa shape index (κ1) is 17.8. The van der Waals surface area contributed by atoms with E-state index >= 15 is 0 Å². The standard InChI is InChI=1S/C19H16N2O4S/c1-13-9-16(7-8-17(13)21(23)24)25-19(22)11-15-12-26-18(20-15)10-14-5-3-2-4-6-14/h2-9,12H,10-11H2,1H3. The topological polar surface area (TPSA) is 82.3 Å². The smallest absolute Gasteiger partial charge is 0.317 e. The largest absolute Gasteiger partial charge is 0.426 e. The van der Waals surface area contributed by atoms with E-state index in [-0.39, 0.29) is 17.9 Å². The lowest BCUT2D eigenvalue weighted by molar-refractivity contribution is -0.385. The van der Waals surface area contributed by atoms with Crippen LogP contribution in [0, 0.1) is 17.0 Å². The Hall–Kier alpha value is -3.06. The monoisotopic (exact) mass is 368 g/mol. The fourth-order valence-corrected chi connectivity index (χ4v) is 3.32. The molecule has 1 heterocycles. The van der Waals surface area contributed by atoms with E-state index in [1.165, 1.54) is 29.5 Å². The predicted molar refractivity (Wildman–Crippen MR) is 98.5 cm³/mol. The Morgan fingerprint density at radius 2 is 2.00 bits per heavy atom. The number of nitro benzene ring substituents is 1. The van der Waals surface area contributed by atoms with E-state index in [2.05, 4.69) is 4.98 Å². The van der Waals surface area contributed by atoms with E-state index in [0.717, 1.165) is 17.0 Å². The van der Waals surface area contributed by atoms with Gasteiger partial charge in [-0.05, 0) is 24.6 Å². The number of hydrogen-bond donors (Lipinski definition) is 0. The highest BCUT2D eigenvalue weighted by atomic mass is 32.1. The highest BCUT2D eigenvalue weighted by molar-refractivity contribution is 7.09. The molecule has 3 aromatic rings. The lowest BCUT2D eigenvalue weighted by atomic mass is 10.2. The second-order valence-corrected chi connectivity index (χ2v) is 6.69. The minimum absolute atomic E-state index is 0.00476. The maximum absolute atomic E-state index is 12.1. The molecule has 0 N–H and O–H groups in total. The van der Waals surface area contributed by atoms with Crippen LogP contribution in [0.2, 0.25) is 0 Å². The Bertz CT molecular complexity index is 938. The number of aryl methyl sites for hydroxylation is 1. The lowest BCUT2D eigenvalue weighted by Gasteiger charge is -2.04. The van der Waals surface area contributed by atoms with E-state index in [0.29, 0.717) is 11.3 Å². The molecule has 0 fully saturated rings. The van der Waals surface area contributed by atoms with Crippen LogP contribution in [0.15, 0.2) is 53.9 Å². The van der Waals surface area contributed by atoms with Gasteiger partial charge in [0.2, 0.25) is 0 Å². The van der Waals surface area contributed by atoms with Gasteiger partial charge in [-0.15, -0.1) is 11.3 Å². The van der Waals surface area contributed by atoms with Crippen molar-refractivity contribution in [2.45, 2.75) is 19.8 Å². The van der Waals surface area contributed by atoms with E-state index in [9.17, 15) is 14.9 Å². The third-order valence-corrected chi connectivity index (χ3v) is 4.62. The van der Waals surface area contributed by atoms with E-state index < -0.39 is 10.9 Å². The van der Waals surface area contributed by atoms with Crippen molar-refractivity contribution in [1.82, 2.24) is 4.98 Å². The molecule has 132 valence electrons. The number of carbonyl (C=O) groups excluding carboxylic acids is 1. The van der Waals surface area contributed by atoms with Crippen molar-refractivity contribution in [2.24, 2.45) is 0 Å². The Morgan fingerprint density at radius 1 is 1.23 bits per heavy atom. The van der Waals surface area contributed by atoms with Crippen molar-refractivity contribution >= 4 is 23.0 Å². The molecular weight excluding hydrogens is 352 g/mol. The molecule has 0 aliphatic heterocycles. The molecule has 6 nitrogen and oxygen atoms in total. The van der Waals surface area contributed by atoms with Crippen molar-refractivity contribution in [3.05, 3.63) is 85.9 Å². The number of hydrogen-bond acceptors (Lipinski definition) is 6. The second-order valence-electron chi connectivity index (χ2n) is 5.75. The van der Waals surface area contributed by atoms with Crippen molar-refractivity contribution in [3.8, 4) is 5.75 Å². The number of rotatable bonds is 6. The third kappa shape index (κ3) is 4.52. The van der Waals surface area contributed by atoms with Crippen LogP contribution in [0.4, 0.5) is 5.69 Å². The van der Waals surface area contributed by atoms with Crippen LogP contribution in [0.3, 0.4) is 0 Å². The summed E-state index contributed by atoms with van der Waals surface area (Å²) < 4.78 is 5.26. The number of esters is 1. The quantitative estimate of drug-likeness (QED) is 0.283. The maximum atomic E-state index is 12.1. The molecule has 7 heteroatoms. The van der Waals surface area contributed by atoms with Gasteiger partial charge < -0.3 is 4.74 Å². The molecule has 0 amide bonds. The molecule has 0 saturated heterocycles. The number of nitrogens with zero attached hydrogens (tertiary/aromatic N) is 2. The van der Waals surface area contributed by atoms with Crippen LogP contribution in [0.1, 0.15) is 21.8 Å². The van der Waals surface area contributed by atoms with Crippen LogP contribution < -0.4 is 4.74 Å². The normalized spacial score (nSPS) is 10.5. The van der Waals surface area contributed by atoms with Gasteiger partial charge in [-0.25, -0.2) is 4.98 Å². The van der Waals surface area contributed by atoms with Gasteiger partial charge in [0, 0.05) is 23.4 Å². The average Bonchev–Trinajstić information content (AvgIpc) is 3.02. The first-order chi connectivity index (χ1) is 12.5. The molecular formula is C19H16N2O4S. The van der Waals surface area contributed by atoms with Gasteiger partial charge in [0.1, 0.15) is 5.75 Å². The molecule has 2 aromatic carbocycles. The fourth-order valence-electron chi connectivity index (χ4n) is 2.49. The summed E-state index contributed by atoms with van der Waals surface area (Å²) in [5.74, 6) is -0.160. The van der Waals surface area contributed by atoms with Crippen molar-refractivity contribution in [2.75, 3.05) is 0 Å². The van der Waals surface area contributed by atoms with Gasteiger partial charge in [0.25, 0.3) is 5.69 Å². The molecule has 0 aliphatic carbocycles. The summed E-state index contributed by atoms with van der Waals surface area (Å²) in [5, 5.41) is 13.6. The molecule has 0 unspecified atom stereocenters. The van der Waals surface area contributed by atoms with E-state index in [1.807, 2.05) is 35.7 Å². The predicted octanol–water partition coefficient (Wildman–Crippen LogP) is 4.10. The minimum atomic E-state index is -0.468. The van der Waals surface area contributed by atoms with Gasteiger partial charge in [-0.2, -0.15) is 0 Å². The number of nitro groups is 1. The summed E-state index contributed by atoms with van der Waals surface area (Å²) >= 11 is 1.51. The van der Waals surface area contributed by atoms with Gasteiger partial charge in [0.05, 0.1) is 22.0 Å². The zero-order chi connectivity index (χ0) is 18.5. The molecule has 0 spiro atoms. The van der Waals surface area contributed by atoms with Crippen LogP contribution in [-0.4, -0.2) is 15.9 Å². The summed E-state index contributed by atoms with van der Waals surface area (Å²) in [6.07, 6.45) is 0.781. The van der Waals surface area contributed by atoms with Crippen LogP contribution >= 0.6 is 11.3 Å². The Kier molecular flexibility index (Phi) is 5.38. The summed E-state index contributed by atoms with van der Waals surface area (Å²) in [6, 6.07) is 14.2. The minimum Gasteiger partial charge on any atom is -0.426 e. The number of aromatic nitrogens is 1. The third-order valence-electron chi connectivity index (χ3n) is 3.72. The summed E-state index contributed by atoms with van der Waals surface area (Å²) in [6.45, 7) is 1.60. The summed E-state index contributed by atoms with van der Waals surface area (Å²) in [7, 11) is 0. The summed E-state index contributed by atoms with van der Waals surface area (Å²) in [5.41, 5.74) is 2.26. The van der Waals surface area contributed by atoms with Crippen molar-refractivity contribution in [3.63, 3.8) is 0 Å². The van der Waals surface area contributed by atoms with Gasteiger partial charge in [0.15, 0.2) is 0 Å². The molecule has 0 atom stereocenters. The zero-order valence-electron chi connectivity index (χ0n) is 14.0. The number of thiazole rings is 1. The number of benzene rings is 2. The molecule has 0 aliphatic rings. The Labute approximate surface area is 154 Å². The van der Waals surface area contributed by atoms with Crippen LogP contribution in [0.25, 0.3) is 0 Å². The number of carbonyl (C=O) groups is 1. The maximum Gasteiger partial charge on any atom is 0.317 e. The molecule has 0 radical (unpaired) electrons. The van der Waals surface area contributed by atoms with E-state index in [1.54, 1.807) is 6.92 Å². The van der Waals surface area contributed by atoms with Crippen molar-refractivity contribution < 1.29 is 14.5 Å². The number of ether oxygens (including phenoxy) is 1. The average molecular weight is 368 g/mol. The van der Waals surface area contributed by atoms with Gasteiger partial charge in [-0.1, -0.05) is 30.3 Å². The molecule has 1 aromatic heterocycles. The van der Waals surface area contributed by atoms with Crippen LogP contribution in [-0.2, 0) is 17.6 Å². The highest BCUT2D eigenvalue weighted by Crippen LogP contribution is 2.23. The van der Waals surface area contributed by atoms with E-state index in [4.69, 9.17) is 4.74 Å². The van der Waals surface area contributed by atoms with Gasteiger partial charge >= 0.3 is 5.97 Å². The molecule has 0 bridgehead atoms. The lowest BCUT2D eigenvalue weighted by Crippen LogP contribution is -2.11. The van der Waals surface area contributed by atoms with Gasteiger partial charge in [-0.3, -0.25) is 14.9 Å². The zero-order valence-corrected chi connectivity index (χ0v) is 14.9.